The van der Waals surface area contributed by atoms with Gasteiger partial charge < -0.3 is 20.2 Å². The van der Waals surface area contributed by atoms with Crippen molar-refractivity contribution < 1.29 is 9.15 Å². The fourth-order valence-corrected chi connectivity index (χ4v) is 1.59. The summed E-state index contributed by atoms with van der Waals surface area (Å²) in [6.07, 6.45) is 1.88. The Balaban J connectivity index is 2.00. The van der Waals surface area contributed by atoms with Gasteiger partial charge in [-0.15, -0.1) is 5.10 Å². The van der Waals surface area contributed by atoms with Crippen molar-refractivity contribution in [1.82, 2.24) is 10.2 Å². The first kappa shape index (κ1) is 10.4. The van der Waals surface area contributed by atoms with E-state index < -0.39 is 0 Å². The number of anilines is 1. The van der Waals surface area contributed by atoms with Crippen LogP contribution in [0, 0.1) is 0 Å². The summed E-state index contributed by atoms with van der Waals surface area (Å²) in [5.74, 6) is 0.452. The molecule has 0 atom stereocenters. The van der Waals surface area contributed by atoms with Crippen LogP contribution in [0.15, 0.2) is 4.42 Å². The molecule has 0 aliphatic carbocycles. The maximum Gasteiger partial charge on any atom is 0.315 e. The van der Waals surface area contributed by atoms with Crippen molar-refractivity contribution in [2.45, 2.75) is 31.8 Å². The topological polar surface area (TPSA) is 86.2 Å². The summed E-state index contributed by atoms with van der Waals surface area (Å²) in [5.41, 5.74) is 5.37. The van der Waals surface area contributed by atoms with Crippen molar-refractivity contribution in [3.8, 4) is 0 Å². The maximum absolute atomic E-state index is 5.39. The second kappa shape index (κ2) is 4.16. The number of ether oxygens (including phenoxy) is 1. The van der Waals surface area contributed by atoms with E-state index in [-0.39, 0.29) is 12.1 Å². The van der Waals surface area contributed by atoms with Crippen LogP contribution in [0.1, 0.15) is 25.7 Å². The standard InChI is InChI=1S/C9H16N4O2/c1-9(2-4-14-5-3-9)11-8-13-12-7(6-10)15-8/h2-6,10H2,1H3,(H,11,13). The molecule has 0 bridgehead atoms. The van der Waals surface area contributed by atoms with E-state index in [2.05, 4.69) is 22.4 Å². The summed E-state index contributed by atoms with van der Waals surface area (Å²) >= 11 is 0. The molecule has 1 aromatic rings. The van der Waals surface area contributed by atoms with Crippen LogP contribution in [0.25, 0.3) is 0 Å². The maximum atomic E-state index is 5.39. The molecule has 2 rings (SSSR count). The molecule has 3 N–H and O–H groups in total. The van der Waals surface area contributed by atoms with E-state index in [4.69, 9.17) is 14.9 Å². The minimum Gasteiger partial charge on any atom is -0.407 e. The van der Waals surface area contributed by atoms with Gasteiger partial charge >= 0.3 is 6.01 Å². The van der Waals surface area contributed by atoms with Gasteiger partial charge in [0.15, 0.2) is 0 Å². The van der Waals surface area contributed by atoms with Gasteiger partial charge in [0.2, 0.25) is 5.89 Å². The first-order chi connectivity index (χ1) is 7.22. The van der Waals surface area contributed by atoms with Crippen LogP contribution in [-0.2, 0) is 11.3 Å². The molecule has 6 nitrogen and oxygen atoms in total. The van der Waals surface area contributed by atoms with E-state index in [0.29, 0.717) is 11.9 Å². The Labute approximate surface area is 88.2 Å². The second-order valence-electron chi connectivity index (χ2n) is 4.00. The molecule has 15 heavy (non-hydrogen) atoms. The van der Waals surface area contributed by atoms with Crippen LogP contribution in [0.3, 0.4) is 0 Å². The third-order valence-corrected chi connectivity index (χ3v) is 2.65. The van der Waals surface area contributed by atoms with Gasteiger partial charge in [-0.05, 0) is 19.8 Å². The Morgan fingerprint density at radius 1 is 1.40 bits per heavy atom. The number of nitrogens with two attached hydrogens (primary N) is 1. The molecule has 0 radical (unpaired) electrons. The molecule has 1 aromatic heterocycles. The zero-order valence-electron chi connectivity index (χ0n) is 8.82. The van der Waals surface area contributed by atoms with Crippen LogP contribution in [0.5, 0.6) is 0 Å². The smallest absolute Gasteiger partial charge is 0.315 e. The summed E-state index contributed by atoms with van der Waals surface area (Å²) in [6, 6.07) is 0.444. The lowest BCUT2D eigenvalue weighted by Crippen LogP contribution is -2.40. The monoisotopic (exact) mass is 212 g/mol. The number of nitrogens with one attached hydrogen (secondary N) is 1. The molecule has 1 saturated heterocycles. The normalized spacial score (nSPS) is 20.1. The zero-order valence-corrected chi connectivity index (χ0v) is 8.82. The molecule has 0 amide bonds. The van der Waals surface area contributed by atoms with E-state index in [0.717, 1.165) is 26.1 Å². The van der Waals surface area contributed by atoms with Crippen LogP contribution < -0.4 is 11.1 Å². The summed E-state index contributed by atoms with van der Waals surface area (Å²) in [7, 11) is 0. The van der Waals surface area contributed by atoms with E-state index in [1.807, 2.05) is 0 Å². The number of rotatable bonds is 3. The largest absolute Gasteiger partial charge is 0.407 e. The molecule has 2 heterocycles. The molecule has 0 aromatic carbocycles. The highest BCUT2D eigenvalue weighted by Gasteiger charge is 2.28. The van der Waals surface area contributed by atoms with E-state index in [9.17, 15) is 0 Å². The highest BCUT2D eigenvalue weighted by molar-refractivity contribution is 5.23. The molecule has 0 unspecified atom stereocenters. The summed E-state index contributed by atoms with van der Waals surface area (Å²) in [4.78, 5) is 0. The zero-order chi connectivity index (χ0) is 10.7. The summed E-state index contributed by atoms with van der Waals surface area (Å²) in [6.45, 7) is 3.93. The molecule has 84 valence electrons. The van der Waals surface area contributed by atoms with Crippen molar-refractivity contribution in [3.63, 3.8) is 0 Å². The molecule has 6 heteroatoms. The Morgan fingerprint density at radius 2 is 2.13 bits per heavy atom. The Bertz CT molecular complexity index is 320. The number of aromatic nitrogens is 2. The average molecular weight is 212 g/mol. The van der Waals surface area contributed by atoms with Gasteiger partial charge in [0, 0.05) is 18.8 Å². The quantitative estimate of drug-likeness (QED) is 0.759. The summed E-state index contributed by atoms with van der Waals surface area (Å²) < 4.78 is 10.6. The van der Waals surface area contributed by atoms with Gasteiger partial charge in [-0.3, -0.25) is 0 Å². The molecule has 0 saturated carbocycles. The molecule has 1 aliphatic rings. The number of hydrogen-bond donors (Lipinski definition) is 2. The van der Waals surface area contributed by atoms with Crippen LogP contribution in [-0.4, -0.2) is 29.0 Å². The summed E-state index contributed by atoms with van der Waals surface area (Å²) in [5, 5.41) is 10.9. The van der Waals surface area contributed by atoms with Crippen molar-refractivity contribution in [2.24, 2.45) is 5.73 Å². The van der Waals surface area contributed by atoms with Gasteiger partial charge in [-0.25, -0.2) is 0 Å². The number of nitrogens with zero attached hydrogens (tertiary/aromatic N) is 2. The Kier molecular flexibility index (Phi) is 2.88. The van der Waals surface area contributed by atoms with Crippen molar-refractivity contribution in [1.29, 1.82) is 0 Å². The van der Waals surface area contributed by atoms with Crippen molar-refractivity contribution in [2.75, 3.05) is 18.5 Å². The lowest BCUT2D eigenvalue weighted by Gasteiger charge is -2.33. The highest BCUT2D eigenvalue weighted by atomic mass is 16.5. The average Bonchev–Trinajstić information content (AvgIpc) is 2.66. The predicted molar refractivity (Wildman–Crippen MR) is 54.3 cm³/mol. The predicted octanol–water partition coefficient (Wildman–Crippen LogP) is 0.509. The fraction of sp³-hybridized carbons (Fsp3) is 0.778. The Morgan fingerprint density at radius 3 is 2.73 bits per heavy atom. The first-order valence-electron chi connectivity index (χ1n) is 5.10. The van der Waals surface area contributed by atoms with Gasteiger partial charge in [-0.1, -0.05) is 5.10 Å². The Hall–Kier alpha value is -1.14. The van der Waals surface area contributed by atoms with Crippen molar-refractivity contribution >= 4 is 6.01 Å². The van der Waals surface area contributed by atoms with Crippen LogP contribution >= 0.6 is 0 Å². The highest BCUT2D eigenvalue weighted by Crippen LogP contribution is 2.24. The minimum atomic E-state index is -0.0172. The first-order valence-corrected chi connectivity index (χ1v) is 5.10. The third kappa shape index (κ3) is 2.45. The molecular weight excluding hydrogens is 196 g/mol. The second-order valence-corrected chi connectivity index (χ2v) is 4.00. The lowest BCUT2D eigenvalue weighted by atomic mass is 9.93. The van der Waals surface area contributed by atoms with Crippen LogP contribution in [0.4, 0.5) is 6.01 Å². The van der Waals surface area contributed by atoms with E-state index in [1.54, 1.807) is 0 Å². The van der Waals surface area contributed by atoms with Crippen molar-refractivity contribution in [3.05, 3.63) is 5.89 Å². The van der Waals surface area contributed by atoms with Gasteiger partial charge in [-0.2, -0.15) is 0 Å². The van der Waals surface area contributed by atoms with Crippen LogP contribution in [0.2, 0.25) is 0 Å². The van der Waals surface area contributed by atoms with E-state index in [1.165, 1.54) is 0 Å². The number of hydrogen-bond acceptors (Lipinski definition) is 6. The van der Waals surface area contributed by atoms with Gasteiger partial charge in [0.1, 0.15) is 0 Å². The lowest BCUT2D eigenvalue weighted by molar-refractivity contribution is 0.0650. The fourth-order valence-electron chi connectivity index (χ4n) is 1.59. The molecular formula is C9H16N4O2. The molecule has 1 fully saturated rings. The van der Waals surface area contributed by atoms with Gasteiger partial charge in [0.05, 0.1) is 6.54 Å². The molecule has 0 spiro atoms. The minimum absolute atomic E-state index is 0.0172. The SMILES string of the molecule is CC1(Nc2nnc(CN)o2)CCOCC1. The molecule has 1 aliphatic heterocycles. The van der Waals surface area contributed by atoms with Gasteiger partial charge in [0.25, 0.3) is 0 Å². The van der Waals surface area contributed by atoms with E-state index >= 15 is 0 Å². The third-order valence-electron chi connectivity index (χ3n) is 2.65.